The van der Waals surface area contributed by atoms with E-state index in [9.17, 15) is 14.0 Å². The molecule has 19 heavy (non-hydrogen) atoms. The predicted octanol–water partition coefficient (Wildman–Crippen LogP) is 1.52. The van der Waals surface area contributed by atoms with Gasteiger partial charge in [-0.2, -0.15) is 0 Å². The van der Waals surface area contributed by atoms with Gasteiger partial charge in [-0.05, 0) is 31.2 Å². The largest absolute Gasteiger partial charge is 0.480 e. The van der Waals surface area contributed by atoms with Crippen LogP contribution in [-0.2, 0) is 11.8 Å². The topological polar surface area (TPSA) is 71.3 Å². The number of hydrogen-bond acceptors (Lipinski definition) is 2. The number of benzene rings is 1. The number of carbonyl (C=O) groups excluding carboxylic acids is 1. The smallest absolute Gasteiger partial charge is 0.325 e. The maximum Gasteiger partial charge on any atom is 0.325 e. The Hall–Kier alpha value is -2.37. The molecule has 0 radical (unpaired) electrons. The summed E-state index contributed by atoms with van der Waals surface area (Å²) in [6.07, 6.45) is 0. The van der Waals surface area contributed by atoms with Crippen LogP contribution in [0.25, 0.3) is 10.9 Å². The molecule has 0 aliphatic heterocycles. The number of nitrogens with one attached hydrogen (secondary N) is 1. The molecule has 0 saturated carbocycles. The molecule has 0 bridgehead atoms. The van der Waals surface area contributed by atoms with Gasteiger partial charge in [0.1, 0.15) is 17.6 Å². The highest BCUT2D eigenvalue weighted by Gasteiger charge is 2.18. The molecule has 0 saturated heterocycles. The minimum Gasteiger partial charge on any atom is -0.480 e. The molecule has 1 aromatic heterocycles. The summed E-state index contributed by atoms with van der Waals surface area (Å²) < 4.78 is 14.7. The van der Waals surface area contributed by atoms with Crippen molar-refractivity contribution in [3.05, 3.63) is 35.8 Å². The van der Waals surface area contributed by atoms with Crippen molar-refractivity contribution >= 4 is 22.8 Å². The van der Waals surface area contributed by atoms with Gasteiger partial charge in [0.25, 0.3) is 5.91 Å². The van der Waals surface area contributed by atoms with Crippen LogP contribution >= 0.6 is 0 Å². The van der Waals surface area contributed by atoms with Crippen molar-refractivity contribution in [1.82, 2.24) is 9.88 Å². The zero-order valence-electron chi connectivity index (χ0n) is 10.5. The fraction of sp³-hybridized carbons (Fsp3) is 0.231. The van der Waals surface area contributed by atoms with E-state index < -0.39 is 17.9 Å². The number of fused-ring (bicyclic) bond motifs is 1. The van der Waals surface area contributed by atoms with Crippen LogP contribution in [0.5, 0.6) is 0 Å². The fourth-order valence-corrected chi connectivity index (χ4v) is 1.87. The molecule has 2 aromatic rings. The highest BCUT2D eigenvalue weighted by Crippen LogP contribution is 2.19. The van der Waals surface area contributed by atoms with Gasteiger partial charge >= 0.3 is 5.97 Å². The molecular formula is C13H13FN2O3. The number of halogens is 1. The van der Waals surface area contributed by atoms with Crippen molar-refractivity contribution in [3.8, 4) is 0 Å². The monoisotopic (exact) mass is 264 g/mol. The van der Waals surface area contributed by atoms with E-state index in [1.165, 1.54) is 25.1 Å². The normalized spacial score (nSPS) is 12.4. The van der Waals surface area contributed by atoms with Crippen LogP contribution in [0.15, 0.2) is 24.3 Å². The maximum absolute atomic E-state index is 13.1. The van der Waals surface area contributed by atoms with E-state index in [0.29, 0.717) is 10.9 Å². The minimum atomic E-state index is -1.11. The second-order valence-electron chi connectivity index (χ2n) is 4.33. The van der Waals surface area contributed by atoms with Crippen LogP contribution in [-0.4, -0.2) is 27.6 Å². The van der Waals surface area contributed by atoms with Crippen LogP contribution in [0.1, 0.15) is 17.4 Å². The Labute approximate surface area is 108 Å². The summed E-state index contributed by atoms with van der Waals surface area (Å²) >= 11 is 0. The lowest BCUT2D eigenvalue weighted by Crippen LogP contribution is -2.39. The molecule has 2 N–H and O–H groups in total. The van der Waals surface area contributed by atoms with Crippen molar-refractivity contribution in [2.75, 3.05) is 0 Å². The Bertz CT molecular complexity index is 663. The summed E-state index contributed by atoms with van der Waals surface area (Å²) in [5, 5.41) is 11.7. The summed E-state index contributed by atoms with van der Waals surface area (Å²) in [4.78, 5) is 22.6. The van der Waals surface area contributed by atoms with Crippen LogP contribution in [0.2, 0.25) is 0 Å². The van der Waals surface area contributed by atoms with Crippen molar-refractivity contribution in [2.45, 2.75) is 13.0 Å². The average Bonchev–Trinajstić information content (AvgIpc) is 2.66. The molecule has 1 unspecified atom stereocenters. The molecule has 1 atom stereocenters. The first-order valence-corrected chi connectivity index (χ1v) is 5.69. The number of carboxylic acids is 1. The van der Waals surface area contributed by atoms with Gasteiger partial charge in [-0.3, -0.25) is 9.59 Å². The van der Waals surface area contributed by atoms with Gasteiger partial charge < -0.3 is 15.0 Å². The number of aromatic nitrogens is 1. The van der Waals surface area contributed by atoms with Gasteiger partial charge in [0.2, 0.25) is 0 Å². The minimum absolute atomic E-state index is 0.286. The van der Waals surface area contributed by atoms with Crippen molar-refractivity contribution in [1.29, 1.82) is 0 Å². The lowest BCUT2D eigenvalue weighted by molar-refractivity contribution is -0.138. The highest BCUT2D eigenvalue weighted by atomic mass is 19.1. The first kappa shape index (κ1) is 13.1. The van der Waals surface area contributed by atoms with Crippen LogP contribution in [0.4, 0.5) is 4.39 Å². The number of carboxylic acid groups (broad SMARTS) is 1. The van der Waals surface area contributed by atoms with E-state index >= 15 is 0 Å². The first-order valence-electron chi connectivity index (χ1n) is 5.69. The Kier molecular flexibility index (Phi) is 3.25. The number of carbonyl (C=O) groups is 2. The number of aliphatic carboxylic acids is 1. The summed E-state index contributed by atoms with van der Waals surface area (Å²) in [7, 11) is 1.67. The standard InChI is InChI=1S/C13H13FN2O3/c1-7(13(18)19)15-12(17)11-6-8-5-9(14)3-4-10(8)16(11)2/h3-7H,1-2H3,(H,15,17)(H,18,19). The number of amides is 1. The van der Waals surface area contributed by atoms with Crippen LogP contribution < -0.4 is 5.32 Å². The van der Waals surface area contributed by atoms with Gasteiger partial charge in [-0.25, -0.2) is 4.39 Å². The maximum atomic E-state index is 13.1. The highest BCUT2D eigenvalue weighted by molar-refractivity contribution is 6.00. The first-order chi connectivity index (χ1) is 8.90. The van der Waals surface area contributed by atoms with Crippen molar-refractivity contribution in [3.63, 3.8) is 0 Å². The molecule has 0 aliphatic rings. The van der Waals surface area contributed by atoms with Gasteiger partial charge in [0.15, 0.2) is 0 Å². The molecule has 0 aliphatic carbocycles. The Morgan fingerprint density at radius 1 is 1.37 bits per heavy atom. The van der Waals surface area contributed by atoms with Gasteiger partial charge in [-0.15, -0.1) is 0 Å². The third-order valence-electron chi connectivity index (χ3n) is 2.96. The number of hydrogen-bond donors (Lipinski definition) is 2. The van der Waals surface area contributed by atoms with E-state index in [2.05, 4.69) is 5.32 Å². The van der Waals surface area contributed by atoms with E-state index in [1.54, 1.807) is 17.7 Å². The average molecular weight is 264 g/mol. The SMILES string of the molecule is CC(NC(=O)c1cc2cc(F)ccc2n1C)C(=O)O. The molecule has 0 fully saturated rings. The van der Waals surface area contributed by atoms with Crippen LogP contribution in [0, 0.1) is 5.82 Å². The Morgan fingerprint density at radius 2 is 2.05 bits per heavy atom. The second-order valence-corrected chi connectivity index (χ2v) is 4.33. The second kappa shape index (κ2) is 4.72. The third kappa shape index (κ3) is 2.42. The number of rotatable bonds is 3. The van der Waals surface area contributed by atoms with Gasteiger partial charge in [0.05, 0.1) is 0 Å². The predicted molar refractivity (Wildman–Crippen MR) is 67.4 cm³/mol. The van der Waals surface area contributed by atoms with E-state index in [0.717, 1.165) is 0 Å². The zero-order valence-corrected chi connectivity index (χ0v) is 10.5. The number of aryl methyl sites for hydroxylation is 1. The molecule has 0 spiro atoms. The lowest BCUT2D eigenvalue weighted by atomic mass is 10.2. The lowest BCUT2D eigenvalue weighted by Gasteiger charge is -2.09. The molecule has 1 aromatic carbocycles. The third-order valence-corrected chi connectivity index (χ3v) is 2.96. The fourth-order valence-electron chi connectivity index (χ4n) is 1.87. The van der Waals surface area contributed by atoms with Crippen molar-refractivity contribution in [2.24, 2.45) is 7.05 Å². The summed E-state index contributed by atoms with van der Waals surface area (Å²) in [6, 6.07) is 4.75. The van der Waals surface area contributed by atoms with E-state index in [1.807, 2.05) is 0 Å². The molecule has 6 heteroatoms. The molecular weight excluding hydrogens is 251 g/mol. The molecule has 1 amide bonds. The van der Waals surface area contributed by atoms with E-state index in [4.69, 9.17) is 5.11 Å². The Balaban J connectivity index is 2.37. The molecule has 100 valence electrons. The summed E-state index contributed by atoms with van der Waals surface area (Å²) in [5.74, 6) is -2.00. The van der Waals surface area contributed by atoms with Gasteiger partial charge in [-0.1, -0.05) is 0 Å². The summed E-state index contributed by atoms with van der Waals surface area (Å²) in [5.41, 5.74) is 0.989. The summed E-state index contributed by atoms with van der Waals surface area (Å²) in [6.45, 7) is 1.38. The Morgan fingerprint density at radius 3 is 2.68 bits per heavy atom. The number of nitrogens with zero attached hydrogens (tertiary/aromatic N) is 1. The zero-order chi connectivity index (χ0) is 14.2. The molecule has 1 heterocycles. The molecule has 5 nitrogen and oxygen atoms in total. The van der Waals surface area contributed by atoms with E-state index in [-0.39, 0.29) is 11.5 Å². The quantitative estimate of drug-likeness (QED) is 0.883. The van der Waals surface area contributed by atoms with Crippen molar-refractivity contribution < 1.29 is 19.1 Å². The van der Waals surface area contributed by atoms with Gasteiger partial charge in [0, 0.05) is 18.0 Å². The molecule has 2 rings (SSSR count). The van der Waals surface area contributed by atoms with Crippen LogP contribution in [0.3, 0.4) is 0 Å².